The second kappa shape index (κ2) is 7.09. The van der Waals surface area contributed by atoms with Crippen molar-refractivity contribution in [1.82, 2.24) is 10.3 Å². The molecule has 17 heavy (non-hydrogen) atoms. The van der Waals surface area contributed by atoms with Crippen LogP contribution in [0.4, 0.5) is 0 Å². The number of aryl methyl sites for hydroxylation is 2. The van der Waals surface area contributed by atoms with E-state index in [1.54, 1.807) is 11.3 Å². The predicted molar refractivity (Wildman–Crippen MR) is 73.4 cm³/mol. The molecule has 0 bridgehead atoms. The Labute approximate surface area is 108 Å². The van der Waals surface area contributed by atoms with Gasteiger partial charge in [-0.15, -0.1) is 11.3 Å². The van der Waals surface area contributed by atoms with E-state index < -0.39 is 0 Å². The van der Waals surface area contributed by atoms with Crippen molar-refractivity contribution in [3.05, 3.63) is 15.6 Å². The largest absolute Gasteiger partial charge is 0.392 e. The molecule has 0 fully saturated rings. The maximum absolute atomic E-state index is 9.97. The third-order valence-corrected chi connectivity index (χ3v) is 4.37. The van der Waals surface area contributed by atoms with Crippen LogP contribution in [0.1, 0.15) is 42.3 Å². The van der Waals surface area contributed by atoms with Crippen molar-refractivity contribution in [1.29, 1.82) is 0 Å². The van der Waals surface area contributed by atoms with Crippen molar-refractivity contribution in [2.75, 3.05) is 6.54 Å². The third-order valence-electron chi connectivity index (χ3n) is 3.30. The van der Waals surface area contributed by atoms with E-state index in [1.807, 2.05) is 6.92 Å². The average Bonchev–Trinajstić information content (AvgIpc) is 2.60. The van der Waals surface area contributed by atoms with Crippen LogP contribution in [0.3, 0.4) is 0 Å². The highest BCUT2D eigenvalue weighted by Crippen LogP contribution is 2.16. The van der Waals surface area contributed by atoms with Gasteiger partial charge < -0.3 is 10.4 Å². The summed E-state index contributed by atoms with van der Waals surface area (Å²) < 4.78 is 0. The van der Waals surface area contributed by atoms with Crippen molar-refractivity contribution >= 4 is 11.3 Å². The van der Waals surface area contributed by atoms with Crippen LogP contribution in [0.25, 0.3) is 0 Å². The summed E-state index contributed by atoms with van der Waals surface area (Å²) in [6.45, 7) is 9.81. The monoisotopic (exact) mass is 256 g/mol. The SMILES string of the molecule is CCC(CC)C(O)CNCc1nc(C)c(C)s1. The first-order valence-electron chi connectivity index (χ1n) is 6.40. The van der Waals surface area contributed by atoms with Gasteiger partial charge in [-0.3, -0.25) is 0 Å². The van der Waals surface area contributed by atoms with Crippen molar-refractivity contribution in [3.63, 3.8) is 0 Å². The van der Waals surface area contributed by atoms with Gasteiger partial charge >= 0.3 is 0 Å². The van der Waals surface area contributed by atoms with E-state index in [0.717, 1.165) is 30.1 Å². The summed E-state index contributed by atoms with van der Waals surface area (Å²) in [5.74, 6) is 0.405. The summed E-state index contributed by atoms with van der Waals surface area (Å²) in [5.41, 5.74) is 1.12. The van der Waals surface area contributed by atoms with E-state index >= 15 is 0 Å². The van der Waals surface area contributed by atoms with E-state index in [0.29, 0.717) is 12.5 Å². The molecule has 1 aromatic rings. The zero-order valence-corrected chi connectivity index (χ0v) is 12.1. The molecule has 1 aromatic heterocycles. The molecule has 0 radical (unpaired) electrons. The number of nitrogens with one attached hydrogen (secondary N) is 1. The normalized spacial score (nSPS) is 13.3. The van der Waals surface area contributed by atoms with Crippen molar-refractivity contribution in [3.8, 4) is 0 Å². The number of hydrogen-bond donors (Lipinski definition) is 2. The van der Waals surface area contributed by atoms with Gasteiger partial charge in [-0.2, -0.15) is 0 Å². The lowest BCUT2D eigenvalue weighted by Crippen LogP contribution is -2.32. The maximum atomic E-state index is 9.97. The maximum Gasteiger partial charge on any atom is 0.107 e. The van der Waals surface area contributed by atoms with Gasteiger partial charge in [0.05, 0.1) is 11.8 Å². The molecule has 4 heteroatoms. The van der Waals surface area contributed by atoms with Crippen LogP contribution in [0.2, 0.25) is 0 Å². The Balaban J connectivity index is 2.32. The first-order chi connectivity index (χ1) is 8.08. The topological polar surface area (TPSA) is 45.1 Å². The number of nitrogens with zero attached hydrogens (tertiary/aromatic N) is 1. The van der Waals surface area contributed by atoms with Crippen molar-refractivity contribution < 1.29 is 5.11 Å². The molecular weight excluding hydrogens is 232 g/mol. The Hall–Kier alpha value is -0.450. The summed E-state index contributed by atoms with van der Waals surface area (Å²) in [5, 5.41) is 14.4. The Morgan fingerprint density at radius 3 is 2.41 bits per heavy atom. The van der Waals surface area contributed by atoms with Crippen LogP contribution in [0, 0.1) is 19.8 Å². The summed E-state index contributed by atoms with van der Waals surface area (Å²) in [6.07, 6.45) is 1.83. The molecule has 0 saturated heterocycles. The Morgan fingerprint density at radius 1 is 1.29 bits per heavy atom. The van der Waals surface area contributed by atoms with Crippen molar-refractivity contribution in [2.45, 2.75) is 53.2 Å². The molecule has 1 rings (SSSR count). The molecule has 0 aliphatic rings. The fourth-order valence-electron chi connectivity index (χ4n) is 1.94. The first-order valence-corrected chi connectivity index (χ1v) is 7.21. The molecule has 0 spiro atoms. The van der Waals surface area contributed by atoms with E-state index in [9.17, 15) is 5.11 Å². The highest BCUT2D eigenvalue weighted by Gasteiger charge is 2.14. The zero-order chi connectivity index (χ0) is 12.8. The number of aromatic nitrogens is 1. The zero-order valence-electron chi connectivity index (χ0n) is 11.3. The van der Waals surface area contributed by atoms with Gasteiger partial charge in [0.1, 0.15) is 5.01 Å². The lowest BCUT2D eigenvalue weighted by Gasteiger charge is -2.20. The van der Waals surface area contributed by atoms with E-state index in [-0.39, 0.29) is 6.10 Å². The lowest BCUT2D eigenvalue weighted by molar-refractivity contribution is 0.101. The minimum Gasteiger partial charge on any atom is -0.392 e. The van der Waals surface area contributed by atoms with Gasteiger partial charge in [0.25, 0.3) is 0 Å². The molecule has 1 heterocycles. The molecule has 1 unspecified atom stereocenters. The molecule has 1 atom stereocenters. The minimum atomic E-state index is -0.243. The van der Waals surface area contributed by atoms with Gasteiger partial charge in [-0.05, 0) is 19.8 Å². The van der Waals surface area contributed by atoms with Crippen LogP contribution in [-0.2, 0) is 6.54 Å². The highest BCUT2D eigenvalue weighted by molar-refractivity contribution is 7.11. The summed E-state index contributed by atoms with van der Waals surface area (Å²) >= 11 is 1.73. The summed E-state index contributed by atoms with van der Waals surface area (Å²) in [4.78, 5) is 5.75. The van der Waals surface area contributed by atoms with E-state index in [1.165, 1.54) is 4.88 Å². The average molecular weight is 256 g/mol. The number of rotatable bonds is 7. The summed E-state index contributed by atoms with van der Waals surface area (Å²) in [6, 6.07) is 0. The molecule has 2 N–H and O–H groups in total. The second-order valence-electron chi connectivity index (χ2n) is 4.52. The van der Waals surface area contributed by atoms with Crippen molar-refractivity contribution in [2.24, 2.45) is 5.92 Å². The lowest BCUT2D eigenvalue weighted by atomic mass is 9.97. The number of aliphatic hydroxyl groups is 1. The van der Waals surface area contributed by atoms with Gasteiger partial charge in [0, 0.05) is 18.0 Å². The third kappa shape index (κ3) is 4.37. The molecule has 3 nitrogen and oxygen atoms in total. The molecule has 0 amide bonds. The van der Waals surface area contributed by atoms with Gasteiger partial charge in [-0.25, -0.2) is 4.98 Å². The number of aliphatic hydroxyl groups excluding tert-OH is 1. The molecular formula is C13H24N2OS. The minimum absolute atomic E-state index is 0.243. The standard InChI is InChI=1S/C13H24N2OS/c1-5-11(6-2)12(16)7-14-8-13-15-9(3)10(4)17-13/h11-12,14,16H,5-8H2,1-4H3. The van der Waals surface area contributed by atoms with Gasteiger partial charge in [0.2, 0.25) is 0 Å². The smallest absolute Gasteiger partial charge is 0.107 e. The van der Waals surface area contributed by atoms with Crippen LogP contribution < -0.4 is 5.32 Å². The first kappa shape index (κ1) is 14.6. The van der Waals surface area contributed by atoms with E-state index in [2.05, 4.69) is 31.1 Å². The fourth-order valence-corrected chi connectivity index (χ4v) is 2.84. The Morgan fingerprint density at radius 2 is 1.94 bits per heavy atom. The quantitative estimate of drug-likeness (QED) is 0.788. The fraction of sp³-hybridized carbons (Fsp3) is 0.769. The summed E-state index contributed by atoms with van der Waals surface area (Å²) in [7, 11) is 0. The molecule has 0 aromatic carbocycles. The Kier molecular flexibility index (Phi) is 6.09. The Bertz CT molecular complexity index is 315. The van der Waals surface area contributed by atoms with Crippen LogP contribution >= 0.6 is 11.3 Å². The second-order valence-corrected chi connectivity index (χ2v) is 5.81. The highest BCUT2D eigenvalue weighted by atomic mass is 32.1. The van der Waals surface area contributed by atoms with Gasteiger partial charge in [-0.1, -0.05) is 26.7 Å². The molecule has 0 aliphatic heterocycles. The van der Waals surface area contributed by atoms with Crippen LogP contribution in [0.5, 0.6) is 0 Å². The van der Waals surface area contributed by atoms with Crippen LogP contribution in [-0.4, -0.2) is 22.7 Å². The molecule has 0 saturated carbocycles. The number of hydrogen-bond acceptors (Lipinski definition) is 4. The molecule has 0 aliphatic carbocycles. The predicted octanol–water partition coefficient (Wildman–Crippen LogP) is 2.65. The number of thiazole rings is 1. The van der Waals surface area contributed by atoms with Crippen LogP contribution in [0.15, 0.2) is 0 Å². The molecule has 98 valence electrons. The van der Waals surface area contributed by atoms with Gasteiger partial charge in [0.15, 0.2) is 0 Å². The van der Waals surface area contributed by atoms with E-state index in [4.69, 9.17) is 0 Å².